The fourth-order valence-electron chi connectivity index (χ4n) is 2.24. The van der Waals surface area contributed by atoms with Crippen LogP contribution in [-0.2, 0) is 11.2 Å². The highest BCUT2D eigenvalue weighted by Crippen LogP contribution is 2.08. The van der Waals surface area contributed by atoms with E-state index in [4.69, 9.17) is 4.74 Å². The van der Waals surface area contributed by atoms with Crippen LogP contribution < -0.4 is 0 Å². The average Bonchev–Trinajstić information content (AvgIpc) is 2.49. The fraction of sp³-hybridized carbons (Fsp3) is 0.579. The summed E-state index contributed by atoms with van der Waals surface area (Å²) >= 11 is 0. The Morgan fingerprint density at radius 2 is 1.60 bits per heavy atom. The summed E-state index contributed by atoms with van der Waals surface area (Å²) in [5, 5.41) is 0. The molecule has 0 aliphatic heterocycles. The van der Waals surface area contributed by atoms with Gasteiger partial charge in [-0.15, -0.1) is 0 Å². The van der Waals surface area contributed by atoms with Crippen LogP contribution in [0, 0.1) is 0 Å². The Morgan fingerprint density at radius 3 is 2.35 bits per heavy atom. The number of hydrogen-bond acceptors (Lipinski definition) is 1. The van der Waals surface area contributed by atoms with Crippen molar-refractivity contribution in [2.45, 2.75) is 64.7 Å². The highest BCUT2D eigenvalue weighted by atomic mass is 16.5. The summed E-state index contributed by atoms with van der Waals surface area (Å²) in [4.78, 5) is 0. The van der Waals surface area contributed by atoms with Gasteiger partial charge in [0.05, 0.1) is 12.9 Å². The van der Waals surface area contributed by atoms with Crippen LogP contribution in [0.5, 0.6) is 0 Å². The summed E-state index contributed by atoms with van der Waals surface area (Å²) in [6.45, 7) is 3.04. The molecular formula is C19H30O. The first-order valence-corrected chi connectivity index (χ1v) is 8.24. The summed E-state index contributed by atoms with van der Waals surface area (Å²) in [7, 11) is 0. The zero-order valence-electron chi connectivity index (χ0n) is 13.0. The second-order valence-electron chi connectivity index (χ2n) is 5.39. The Balaban J connectivity index is 1.85. The predicted molar refractivity (Wildman–Crippen MR) is 87.8 cm³/mol. The maximum absolute atomic E-state index is 5.52. The number of rotatable bonds is 12. The molecule has 0 unspecified atom stereocenters. The third-order valence-electron chi connectivity index (χ3n) is 3.52. The Bertz CT molecular complexity index is 329. The largest absolute Gasteiger partial charge is 0.501 e. The van der Waals surface area contributed by atoms with Gasteiger partial charge in [-0.3, -0.25) is 0 Å². The molecule has 0 aliphatic carbocycles. The van der Waals surface area contributed by atoms with Crippen LogP contribution in [0.2, 0.25) is 0 Å². The molecule has 1 rings (SSSR count). The van der Waals surface area contributed by atoms with Gasteiger partial charge in [0.2, 0.25) is 0 Å². The van der Waals surface area contributed by atoms with E-state index >= 15 is 0 Å². The SMILES string of the molecule is CCCCCCCCCC=COCCc1ccccc1. The minimum Gasteiger partial charge on any atom is -0.501 e. The van der Waals surface area contributed by atoms with Gasteiger partial charge in [0.1, 0.15) is 0 Å². The second kappa shape index (κ2) is 12.8. The summed E-state index contributed by atoms with van der Waals surface area (Å²) in [6, 6.07) is 10.5. The van der Waals surface area contributed by atoms with E-state index < -0.39 is 0 Å². The lowest BCUT2D eigenvalue weighted by atomic mass is 10.1. The van der Waals surface area contributed by atoms with Crippen molar-refractivity contribution < 1.29 is 4.74 Å². The molecule has 0 saturated carbocycles. The normalized spacial score (nSPS) is 11.1. The Labute approximate surface area is 125 Å². The van der Waals surface area contributed by atoms with E-state index in [1.807, 2.05) is 12.3 Å². The van der Waals surface area contributed by atoms with Crippen LogP contribution >= 0.6 is 0 Å². The molecule has 0 saturated heterocycles. The third-order valence-corrected chi connectivity index (χ3v) is 3.52. The van der Waals surface area contributed by atoms with E-state index in [2.05, 4.69) is 37.3 Å². The Morgan fingerprint density at radius 1 is 0.900 bits per heavy atom. The van der Waals surface area contributed by atoms with Crippen LogP contribution in [0.15, 0.2) is 42.7 Å². The summed E-state index contributed by atoms with van der Waals surface area (Å²) in [6.07, 6.45) is 15.8. The van der Waals surface area contributed by atoms with Gasteiger partial charge in [-0.1, -0.05) is 75.8 Å². The van der Waals surface area contributed by atoms with E-state index in [0.29, 0.717) is 0 Å². The van der Waals surface area contributed by atoms with Crippen molar-refractivity contribution in [3.8, 4) is 0 Å². The molecule has 1 nitrogen and oxygen atoms in total. The molecular weight excluding hydrogens is 244 g/mol. The van der Waals surface area contributed by atoms with E-state index in [9.17, 15) is 0 Å². The molecule has 0 amide bonds. The molecule has 112 valence electrons. The van der Waals surface area contributed by atoms with E-state index in [-0.39, 0.29) is 0 Å². The monoisotopic (exact) mass is 274 g/mol. The first-order chi connectivity index (χ1) is 9.93. The molecule has 0 fully saturated rings. The smallest absolute Gasteiger partial charge is 0.0913 e. The van der Waals surface area contributed by atoms with Gasteiger partial charge in [-0.05, 0) is 24.5 Å². The second-order valence-corrected chi connectivity index (χ2v) is 5.39. The van der Waals surface area contributed by atoms with Crippen LogP contribution in [0.3, 0.4) is 0 Å². The average molecular weight is 274 g/mol. The quantitative estimate of drug-likeness (QED) is 0.340. The molecule has 0 heterocycles. The van der Waals surface area contributed by atoms with E-state index in [1.54, 1.807) is 0 Å². The first-order valence-electron chi connectivity index (χ1n) is 8.24. The molecule has 1 aromatic rings. The molecule has 1 heteroatoms. The lowest BCUT2D eigenvalue weighted by Gasteiger charge is -2.01. The van der Waals surface area contributed by atoms with E-state index in [0.717, 1.165) is 19.4 Å². The minimum absolute atomic E-state index is 0.775. The van der Waals surface area contributed by atoms with Crippen molar-refractivity contribution in [3.05, 3.63) is 48.2 Å². The van der Waals surface area contributed by atoms with Crippen molar-refractivity contribution in [1.82, 2.24) is 0 Å². The summed E-state index contributed by atoms with van der Waals surface area (Å²) in [5.74, 6) is 0. The number of benzene rings is 1. The van der Waals surface area contributed by atoms with Crippen molar-refractivity contribution in [2.75, 3.05) is 6.61 Å². The number of allylic oxidation sites excluding steroid dienone is 1. The summed E-state index contributed by atoms with van der Waals surface area (Å²) in [5.41, 5.74) is 1.34. The molecule has 0 radical (unpaired) electrons. The van der Waals surface area contributed by atoms with Crippen molar-refractivity contribution in [3.63, 3.8) is 0 Å². The van der Waals surface area contributed by atoms with Gasteiger partial charge >= 0.3 is 0 Å². The third kappa shape index (κ3) is 9.66. The zero-order chi connectivity index (χ0) is 14.3. The molecule has 0 aliphatic rings. The first kappa shape index (κ1) is 16.8. The van der Waals surface area contributed by atoms with Gasteiger partial charge < -0.3 is 4.74 Å². The van der Waals surface area contributed by atoms with Gasteiger partial charge in [0, 0.05) is 6.42 Å². The number of unbranched alkanes of at least 4 members (excludes halogenated alkanes) is 7. The van der Waals surface area contributed by atoms with Gasteiger partial charge in [0.25, 0.3) is 0 Å². The van der Waals surface area contributed by atoms with Crippen molar-refractivity contribution in [2.24, 2.45) is 0 Å². The molecule has 0 aromatic heterocycles. The highest BCUT2D eigenvalue weighted by Gasteiger charge is 1.91. The standard InChI is InChI=1S/C19H30O/c1-2-3-4-5-6-7-8-9-13-17-20-18-16-19-14-11-10-12-15-19/h10-15,17H,2-9,16,18H2,1H3. The summed E-state index contributed by atoms with van der Waals surface area (Å²) < 4.78 is 5.52. The van der Waals surface area contributed by atoms with Crippen LogP contribution in [-0.4, -0.2) is 6.61 Å². The van der Waals surface area contributed by atoms with Crippen LogP contribution in [0.25, 0.3) is 0 Å². The van der Waals surface area contributed by atoms with Crippen LogP contribution in [0.1, 0.15) is 63.9 Å². The molecule has 0 bridgehead atoms. The van der Waals surface area contributed by atoms with E-state index in [1.165, 1.54) is 50.5 Å². The maximum Gasteiger partial charge on any atom is 0.0913 e. The van der Waals surface area contributed by atoms with Gasteiger partial charge in [-0.2, -0.15) is 0 Å². The molecule has 0 N–H and O–H groups in total. The van der Waals surface area contributed by atoms with Crippen molar-refractivity contribution >= 4 is 0 Å². The Hall–Kier alpha value is -1.24. The maximum atomic E-state index is 5.52. The number of hydrogen-bond donors (Lipinski definition) is 0. The van der Waals surface area contributed by atoms with Gasteiger partial charge in [-0.25, -0.2) is 0 Å². The predicted octanol–water partition coefficient (Wildman–Crippen LogP) is 5.90. The fourth-order valence-corrected chi connectivity index (χ4v) is 2.24. The zero-order valence-corrected chi connectivity index (χ0v) is 13.0. The lowest BCUT2D eigenvalue weighted by molar-refractivity contribution is 0.252. The molecule has 0 spiro atoms. The lowest BCUT2D eigenvalue weighted by Crippen LogP contribution is -1.93. The molecule has 1 aromatic carbocycles. The van der Waals surface area contributed by atoms with Gasteiger partial charge in [0.15, 0.2) is 0 Å². The Kier molecular flexibility index (Phi) is 10.7. The molecule has 20 heavy (non-hydrogen) atoms. The minimum atomic E-state index is 0.775. The molecule has 0 atom stereocenters. The number of ether oxygens (including phenoxy) is 1. The van der Waals surface area contributed by atoms with Crippen LogP contribution in [0.4, 0.5) is 0 Å². The topological polar surface area (TPSA) is 9.23 Å². The van der Waals surface area contributed by atoms with Crippen molar-refractivity contribution in [1.29, 1.82) is 0 Å². The highest BCUT2D eigenvalue weighted by molar-refractivity contribution is 5.14.